The molecule has 182 valence electrons. The van der Waals surface area contributed by atoms with Crippen LogP contribution in [0.15, 0.2) is 54.9 Å². The van der Waals surface area contributed by atoms with Crippen LogP contribution in [0.5, 0.6) is 0 Å². The van der Waals surface area contributed by atoms with Crippen LogP contribution in [0.3, 0.4) is 0 Å². The monoisotopic (exact) mass is 471 g/mol. The number of rotatable bonds is 6. The van der Waals surface area contributed by atoms with Crippen LogP contribution < -0.4 is 10.6 Å². The van der Waals surface area contributed by atoms with Gasteiger partial charge in [-0.25, -0.2) is 4.98 Å². The number of fused-ring (bicyclic) bond motifs is 1. The smallest absolute Gasteiger partial charge is 0.152 e. The van der Waals surface area contributed by atoms with E-state index < -0.39 is 0 Å². The molecule has 0 saturated carbocycles. The van der Waals surface area contributed by atoms with Gasteiger partial charge in [-0.15, -0.1) is 0 Å². The fraction of sp³-hybridized carbons (Fsp3) is 0.407. The van der Waals surface area contributed by atoms with Crippen molar-refractivity contribution in [3.8, 4) is 11.3 Å². The molecule has 8 heteroatoms. The highest BCUT2D eigenvalue weighted by atomic mass is 16.5. The van der Waals surface area contributed by atoms with Crippen LogP contribution in [0.4, 0.5) is 17.2 Å². The van der Waals surface area contributed by atoms with Crippen molar-refractivity contribution < 1.29 is 4.74 Å². The second-order valence-electron chi connectivity index (χ2n) is 9.79. The van der Waals surface area contributed by atoms with Crippen molar-refractivity contribution in [2.24, 2.45) is 0 Å². The van der Waals surface area contributed by atoms with E-state index in [-0.39, 0.29) is 0 Å². The van der Waals surface area contributed by atoms with E-state index in [0.717, 1.165) is 72.9 Å². The second-order valence-corrected chi connectivity index (χ2v) is 9.79. The number of benzene rings is 2. The Balaban J connectivity index is 1.13. The number of aromatic nitrogens is 4. The molecule has 35 heavy (non-hydrogen) atoms. The van der Waals surface area contributed by atoms with Crippen molar-refractivity contribution in [3.63, 3.8) is 0 Å². The molecule has 3 N–H and O–H groups in total. The number of H-pyrrole nitrogens is 1. The molecular weight excluding hydrogens is 438 g/mol. The summed E-state index contributed by atoms with van der Waals surface area (Å²) in [6.07, 6.45) is 6.40. The minimum Gasteiger partial charge on any atom is -0.382 e. The van der Waals surface area contributed by atoms with E-state index in [2.05, 4.69) is 90.9 Å². The number of likely N-dealkylation sites (tertiary alicyclic amines) is 1. The lowest BCUT2D eigenvalue weighted by Gasteiger charge is -2.30. The molecule has 6 rings (SSSR count). The second kappa shape index (κ2) is 9.71. The number of piperidine rings is 1. The lowest BCUT2D eigenvalue weighted by atomic mass is 10.1. The summed E-state index contributed by atoms with van der Waals surface area (Å²) in [5, 5.41) is 14.8. The first-order valence-corrected chi connectivity index (χ1v) is 12.6. The molecule has 2 aromatic heterocycles. The van der Waals surface area contributed by atoms with E-state index in [1.165, 1.54) is 18.5 Å². The topological polar surface area (TPSA) is 83.0 Å². The molecule has 2 aliphatic heterocycles. The maximum absolute atomic E-state index is 5.54. The molecule has 2 aliphatic rings. The Morgan fingerprint density at radius 2 is 1.71 bits per heavy atom. The Morgan fingerprint density at radius 1 is 0.943 bits per heavy atom. The third kappa shape index (κ3) is 4.90. The molecule has 4 aromatic rings. The Bertz CT molecular complexity index is 1260. The highest BCUT2D eigenvalue weighted by Crippen LogP contribution is 2.30. The highest BCUT2D eigenvalue weighted by Gasteiger charge is 2.19. The van der Waals surface area contributed by atoms with Crippen LogP contribution in [-0.4, -0.2) is 64.0 Å². The fourth-order valence-electron chi connectivity index (χ4n) is 5.17. The minimum atomic E-state index is 0.444. The molecule has 2 saturated heterocycles. The fourth-order valence-corrected chi connectivity index (χ4v) is 5.17. The molecule has 0 atom stereocenters. The molecule has 0 spiro atoms. The zero-order chi connectivity index (χ0) is 23.6. The lowest BCUT2D eigenvalue weighted by Crippen LogP contribution is -2.36. The molecule has 8 nitrogen and oxygen atoms in total. The van der Waals surface area contributed by atoms with E-state index in [1.807, 2.05) is 6.33 Å². The maximum Gasteiger partial charge on any atom is 0.152 e. The molecule has 0 unspecified atom stereocenters. The van der Waals surface area contributed by atoms with Crippen LogP contribution in [0.2, 0.25) is 0 Å². The van der Waals surface area contributed by atoms with E-state index in [1.54, 1.807) is 0 Å². The average molecular weight is 472 g/mol. The largest absolute Gasteiger partial charge is 0.382 e. The van der Waals surface area contributed by atoms with Crippen LogP contribution in [0.1, 0.15) is 31.7 Å². The van der Waals surface area contributed by atoms with Gasteiger partial charge in [-0.3, -0.25) is 5.10 Å². The van der Waals surface area contributed by atoms with Gasteiger partial charge >= 0.3 is 0 Å². The van der Waals surface area contributed by atoms with E-state index in [0.29, 0.717) is 12.1 Å². The van der Waals surface area contributed by atoms with Gasteiger partial charge in [0.05, 0.1) is 23.1 Å². The zero-order valence-corrected chi connectivity index (χ0v) is 20.2. The van der Waals surface area contributed by atoms with Crippen molar-refractivity contribution >= 4 is 28.2 Å². The van der Waals surface area contributed by atoms with Gasteiger partial charge in [-0.05, 0) is 82.2 Å². The number of hydrogen-bond acceptors (Lipinski definition) is 6. The molecule has 0 amide bonds. The van der Waals surface area contributed by atoms with Crippen LogP contribution in [0, 0.1) is 0 Å². The molecular formula is C27H33N7O. The SMILES string of the molecule is CN1CCC(Nc2ccc(Nc3cc(-c4ccc5ncn(C6CCOCC6)c5c4)[nH]n3)cc2)CC1. The highest BCUT2D eigenvalue weighted by molar-refractivity contribution is 5.82. The maximum atomic E-state index is 5.54. The van der Waals surface area contributed by atoms with Gasteiger partial charge < -0.3 is 24.8 Å². The number of imidazole rings is 1. The molecule has 0 bridgehead atoms. The third-order valence-corrected chi connectivity index (χ3v) is 7.29. The van der Waals surface area contributed by atoms with Crippen molar-refractivity contribution in [1.82, 2.24) is 24.6 Å². The van der Waals surface area contributed by atoms with E-state index in [9.17, 15) is 0 Å². The van der Waals surface area contributed by atoms with Gasteiger partial charge in [0.15, 0.2) is 5.82 Å². The Kier molecular flexibility index (Phi) is 6.14. The number of anilines is 3. The van der Waals surface area contributed by atoms with Gasteiger partial charge in [0.25, 0.3) is 0 Å². The summed E-state index contributed by atoms with van der Waals surface area (Å²) < 4.78 is 7.84. The van der Waals surface area contributed by atoms with E-state index >= 15 is 0 Å². The van der Waals surface area contributed by atoms with Crippen LogP contribution >= 0.6 is 0 Å². The van der Waals surface area contributed by atoms with Gasteiger partial charge in [0.2, 0.25) is 0 Å². The first kappa shape index (κ1) is 22.1. The number of hydrogen-bond donors (Lipinski definition) is 3. The first-order chi connectivity index (χ1) is 17.2. The zero-order valence-electron chi connectivity index (χ0n) is 20.2. The summed E-state index contributed by atoms with van der Waals surface area (Å²) in [4.78, 5) is 7.00. The Morgan fingerprint density at radius 3 is 2.51 bits per heavy atom. The average Bonchev–Trinajstić information content (AvgIpc) is 3.54. The summed E-state index contributed by atoms with van der Waals surface area (Å²) in [7, 11) is 2.19. The molecule has 0 aliphatic carbocycles. The van der Waals surface area contributed by atoms with Gasteiger partial charge in [0.1, 0.15) is 0 Å². The van der Waals surface area contributed by atoms with Gasteiger partial charge in [-0.1, -0.05) is 6.07 Å². The van der Waals surface area contributed by atoms with E-state index in [4.69, 9.17) is 4.74 Å². The summed E-state index contributed by atoms with van der Waals surface area (Å²) >= 11 is 0. The molecule has 2 fully saturated rings. The van der Waals surface area contributed by atoms with Crippen molar-refractivity contribution in [2.75, 3.05) is 44.0 Å². The summed E-state index contributed by atoms with van der Waals surface area (Å²) in [5.74, 6) is 0.800. The number of nitrogens with one attached hydrogen (secondary N) is 3. The number of ether oxygens (including phenoxy) is 1. The predicted molar refractivity (Wildman–Crippen MR) is 140 cm³/mol. The van der Waals surface area contributed by atoms with Crippen LogP contribution in [-0.2, 0) is 4.74 Å². The van der Waals surface area contributed by atoms with Gasteiger partial charge in [-0.2, -0.15) is 5.10 Å². The molecule has 0 radical (unpaired) electrons. The number of nitrogens with zero attached hydrogens (tertiary/aromatic N) is 4. The lowest BCUT2D eigenvalue weighted by molar-refractivity contribution is 0.0706. The van der Waals surface area contributed by atoms with Gasteiger partial charge in [0, 0.05) is 48.3 Å². The normalized spacial score (nSPS) is 18.2. The van der Waals surface area contributed by atoms with Crippen molar-refractivity contribution in [1.29, 1.82) is 0 Å². The quantitative estimate of drug-likeness (QED) is 0.366. The Hall–Kier alpha value is -3.36. The predicted octanol–water partition coefficient (Wildman–Crippen LogP) is 5.03. The van der Waals surface area contributed by atoms with Crippen molar-refractivity contribution in [3.05, 3.63) is 54.9 Å². The Labute approximate surface area is 205 Å². The van der Waals surface area contributed by atoms with Crippen LogP contribution in [0.25, 0.3) is 22.3 Å². The minimum absolute atomic E-state index is 0.444. The standard InChI is InChI=1S/C27H33N7O/c1-33-12-8-22(9-13-33)29-20-3-5-21(6-4-20)30-27-17-25(31-32-27)19-2-7-24-26(16-19)34(18-28-24)23-10-14-35-15-11-23/h2-7,16-18,22-23,29H,8-15H2,1H3,(H2,30,31,32). The first-order valence-electron chi connectivity index (χ1n) is 12.6. The third-order valence-electron chi connectivity index (χ3n) is 7.29. The number of aromatic amines is 1. The van der Waals surface area contributed by atoms with Crippen molar-refractivity contribution in [2.45, 2.75) is 37.8 Å². The molecule has 2 aromatic carbocycles. The summed E-state index contributed by atoms with van der Waals surface area (Å²) in [5.41, 5.74) is 6.45. The molecule has 4 heterocycles. The summed E-state index contributed by atoms with van der Waals surface area (Å²) in [6.45, 7) is 3.94. The summed E-state index contributed by atoms with van der Waals surface area (Å²) in [6, 6.07) is 17.9.